The molecule has 0 radical (unpaired) electrons. The second-order valence-corrected chi connectivity index (χ2v) is 6.68. The zero-order valence-corrected chi connectivity index (χ0v) is 11.0. The number of halogens is 1. The van der Waals surface area contributed by atoms with Gasteiger partial charge in [0.1, 0.15) is 0 Å². The fraction of sp³-hybridized carbons (Fsp3) is 0.500. The van der Waals surface area contributed by atoms with Gasteiger partial charge in [-0.15, -0.1) is 0 Å². The molecule has 0 spiro atoms. The number of nitrogens with two attached hydrogens (primary N) is 1. The molecule has 3 rings (SSSR count). The van der Waals surface area contributed by atoms with Gasteiger partial charge in [0.25, 0.3) is 0 Å². The molecule has 0 amide bonds. The molecule has 19 heavy (non-hydrogen) atoms. The molecular weight excluding hydrogens is 271 g/mol. The molecule has 1 fully saturated rings. The van der Waals surface area contributed by atoms with Crippen molar-refractivity contribution in [2.45, 2.75) is 36.2 Å². The fourth-order valence-electron chi connectivity index (χ4n) is 2.10. The minimum atomic E-state index is -3.68. The minimum absolute atomic E-state index is 0.0194. The third kappa shape index (κ3) is 2.45. The zero-order chi connectivity index (χ0) is 13.6. The molecule has 3 N–H and O–H groups in total. The van der Waals surface area contributed by atoms with Gasteiger partial charge in [-0.1, -0.05) is 0 Å². The smallest absolute Gasteiger partial charge is 0.240 e. The van der Waals surface area contributed by atoms with Crippen LogP contribution in [0.5, 0.6) is 5.75 Å². The molecular formula is C12H15FN2O3S. The van der Waals surface area contributed by atoms with Crippen molar-refractivity contribution in [3.05, 3.63) is 23.5 Å². The van der Waals surface area contributed by atoms with Crippen LogP contribution in [0.25, 0.3) is 0 Å². The molecule has 1 aromatic rings. The highest BCUT2D eigenvalue weighted by atomic mass is 32.2. The Morgan fingerprint density at radius 1 is 1.32 bits per heavy atom. The Labute approximate surface area is 111 Å². The van der Waals surface area contributed by atoms with E-state index >= 15 is 0 Å². The van der Waals surface area contributed by atoms with Crippen LogP contribution in [-0.2, 0) is 10.0 Å². The summed E-state index contributed by atoms with van der Waals surface area (Å²) in [5, 5.41) is 0. The standard InChI is InChI=1S/C12H15FN2O3S/c13-10-6-8(19(16,17)15-7-1-2-7)5-9-11(14)3-4-18-12(9)10/h5-7,11,15H,1-4,14H2. The van der Waals surface area contributed by atoms with Gasteiger partial charge in [-0.25, -0.2) is 17.5 Å². The summed E-state index contributed by atoms with van der Waals surface area (Å²) in [5.74, 6) is -0.604. The van der Waals surface area contributed by atoms with Crippen LogP contribution < -0.4 is 15.2 Å². The third-order valence-corrected chi connectivity index (χ3v) is 4.83. The quantitative estimate of drug-likeness (QED) is 0.870. The van der Waals surface area contributed by atoms with E-state index < -0.39 is 21.9 Å². The van der Waals surface area contributed by atoms with Crippen LogP contribution in [0.4, 0.5) is 4.39 Å². The Bertz CT molecular complexity index is 614. The van der Waals surface area contributed by atoms with E-state index in [2.05, 4.69) is 4.72 Å². The van der Waals surface area contributed by atoms with Crippen molar-refractivity contribution in [1.82, 2.24) is 4.72 Å². The molecule has 1 atom stereocenters. The van der Waals surface area contributed by atoms with Crippen molar-refractivity contribution < 1.29 is 17.5 Å². The lowest BCUT2D eigenvalue weighted by atomic mass is 10.0. The number of fused-ring (bicyclic) bond motifs is 1. The molecule has 1 aromatic carbocycles. The second-order valence-electron chi connectivity index (χ2n) is 4.96. The van der Waals surface area contributed by atoms with Crippen LogP contribution in [-0.4, -0.2) is 21.1 Å². The monoisotopic (exact) mass is 286 g/mol. The Morgan fingerprint density at radius 2 is 2.05 bits per heavy atom. The lowest BCUT2D eigenvalue weighted by molar-refractivity contribution is 0.254. The van der Waals surface area contributed by atoms with Gasteiger partial charge in [0.2, 0.25) is 10.0 Å². The van der Waals surface area contributed by atoms with E-state index in [0.29, 0.717) is 18.6 Å². The largest absolute Gasteiger partial charge is 0.490 e. The van der Waals surface area contributed by atoms with Gasteiger partial charge in [0, 0.05) is 24.1 Å². The van der Waals surface area contributed by atoms with Crippen LogP contribution in [0.2, 0.25) is 0 Å². The van der Waals surface area contributed by atoms with Gasteiger partial charge in [-0.2, -0.15) is 0 Å². The molecule has 1 aliphatic heterocycles. The van der Waals surface area contributed by atoms with E-state index in [1.165, 1.54) is 6.07 Å². The predicted molar refractivity (Wildman–Crippen MR) is 66.8 cm³/mol. The summed E-state index contributed by atoms with van der Waals surface area (Å²) in [6, 6.07) is 1.98. The van der Waals surface area contributed by atoms with Gasteiger partial charge in [-0.05, 0) is 25.0 Å². The Kier molecular flexibility index (Phi) is 2.99. The van der Waals surface area contributed by atoms with Gasteiger partial charge in [0.05, 0.1) is 11.5 Å². The van der Waals surface area contributed by atoms with E-state index in [9.17, 15) is 12.8 Å². The van der Waals surface area contributed by atoms with Gasteiger partial charge < -0.3 is 10.5 Å². The number of benzene rings is 1. The lowest BCUT2D eigenvalue weighted by Gasteiger charge is -2.24. The van der Waals surface area contributed by atoms with Crippen molar-refractivity contribution in [2.75, 3.05) is 6.61 Å². The number of nitrogens with one attached hydrogen (secondary N) is 1. The maximum Gasteiger partial charge on any atom is 0.240 e. The number of rotatable bonds is 3. The fourth-order valence-corrected chi connectivity index (χ4v) is 3.46. The van der Waals surface area contributed by atoms with E-state index in [4.69, 9.17) is 10.5 Å². The summed E-state index contributed by atoms with van der Waals surface area (Å²) >= 11 is 0. The first kappa shape index (κ1) is 12.8. The summed E-state index contributed by atoms with van der Waals surface area (Å²) in [4.78, 5) is -0.0865. The molecule has 1 aliphatic carbocycles. The summed E-state index contributed by atoms with van der Waals surface area (Å²) < 4.78 is 45.8. The lowest BCUT2D eigenvalue weighted by Crippen LogP contribution is -2.27. The Balaban J connectivity index is 2.03. The first-order valence-electron chi connectivity index (χ1n) is 6.21. The predicted octanol–water partition coefficient (Wildman–Crippen LogP) is 1.05. The first-order chi connectivity index (χ1) is 8.97. The molecule has 104 valence electrons. The SMILES string of the molecule is NC1CCOc2c(F)cc(S(=O)(=O)NC3CC3)cc21. The van der Waals surface area contributed by atoms with Crippen molar-refractivity contribution in [3.63, 3.8) is 0 Å². The molecule has 0 aromatic heterocycles. The maximum absolute atomic E-state index is 13.9. The number of hydrogen-bond acceptors (Lipinski definition) is 4. The highest BCUT2D eigenvalue weighted by molar-refractivity contribution is 7.89. The molecule has 0 bridgehead atoms. The molecule has 1 unspecified atom stereocenters. The third-order valence-electron chi connectivity index (χ3n) is 3.33. The van der Waals surface area contributed by atoms with Crippen LogP contribution in [0.1, 0.15) is 30.9 Å². The topological polar surface area (TPSA) is 81.4 Å². The van der Waals surface area contributed by atoms with Crippen molar-refractivity contribution in [2.24, 2.45) is 5.73 Å². The average Bonchev–Trinajstić information content (AvgIpc) is 3.13. The molecule has 0 saturated heterocycles. The summed E-state index contributed by atoms with van der Waals surface area (Å²) in [7, 11) is -3.68. The van der Waals surface area contributed by atoms with Crippen molar-refractivity contribution >= 4 is 10.0 Å². The number of ether oxygens (including phenoxy) is 1. The highest BCUT2D eigenvalue weighted by Gasteiger charge is 2.30. The van der Waals surface area contributed by atoms with E-state index in [-0.39, 0.29) is 16.7 Å². The molecule has 5 nitrogen and oxygen atoms in total. The van der Waals surface area contributed by atoms with Gasteiger partial charge in [0.15, 0.2) is 11.6 Å². The van der Waals surface area contributed by atoms with E-state index in [1.54, 1.807) is 0 Å². The summed E-state index contributed by atoms with van der Waals surface area (Å²) in [6.45, 7) is 0.345. The highest BCUT2D eigenvalue weighted by Crippen LogP contribution is 2.35. The van der Waals surface area contributed by atoms with Gasteiger partial charge >= 0.3 is 0 Å². The van der Waals surface area contributed by atoms with Crippen molar-refractivity contribution in [1.29, 1.82) is 0 Å². The average molecular weight is 286 g/mol. The van der Waals surface area contributed by atoms with E-state index in [0.717, 1.165) is 18.9 Å². The van der Waals surface area contributed by atoms with Crippen LogP contribution in [0.3, 0.4) is 0 Å². The molecule has 1 saturated carbocycles. The zero-order valence-electron chi connectivity index (χ0n) is 10.2. The Hall–Kier alpha value is -1.18. The molecule has 7 heteroatoms. The summed E-state index contributed by atoms with van der Waals surface area (Å²) in [5.41, 5.74) is 6.30. The number of hydrogen-bond donors (Lipinski definition) is 2. The molecule has 2 aliphatic rings. The maximum atomic E-state index is 13.9. The number of sulfonamides is 1. The minimum Gasteiger partial charge on any atom is -0.490 e. The first-order valence-corrected chi connectivity index (χ1v) is 7.70. The normalized spacial score (nSPS) is 22.7. The summed E-state index contributed by atoms with van der Waals surface area (Å²) in [6.07, 6.45) is 2.20. The van der Waals surface area contributed by atoms with Crippen LogP contribution in [0, 0.1) is 5.82 Å². The van der Waals surface area contributed by atoms with E-state index in [1.807, 2.05) is 0 Å². The van der Waals surface area contributed by atoms with Gasteiger partial charge in [-0.3, -0.25) is 0 Å². The Morgan fingerprint density at radius 3 is 2.74 bits per heavy atom. The van der Waals surface area contributed by atoms with Crippen molar-refractivity contribution in [3.8, 4) is 5.75 Å². The van der Waals surface area contributed by atoms with Crippen LogP contribution >= 0.6 is 0 Å². The van der Waals surface area contributed by atoms with Crippen LogP contribution in [0.15, 0.2) is 17.0 Å². The molecule has 1 heterocycles. The second kappa shape index (κ2) is 4.43.